The molecule has 2 aromatic rings. The fraction of sp³-hybridized carbons (Fsp3) is 0.682. The largest absolute Gasteiger partial charge is 0.444 e. The summed E-state index contributed by atoms with van der Waals surface area (Å²) in [5, 5.41) is 10.9. The Morgan fingerprint density at radius 2 is 2.00 bits per heavy atom. The van der Waals surface area contributed by atoms with E-state index in [1.807, 2.05) is 19.9 Å². The van der Waals surface area contributed by atoms with Crippen molar-refractivity contribution >= 4 is 29.9 Å². The van der Waals surface area contributed by atoms with E-state index in [2.05, 4.69) is 51.4 Å². The maximum Gasteiger partial charge on any atom is 0.208 e. The van der Waals surface area contributed by atoms with Crippen LogP contribution in [-0.2, 0) is 13.1 Å². The van der Waals surface area contributed by atoms with Gasteiger partial charge in [-0.05, 0) is 58.5 Å². The molecule has 0 saturated carbocycles. The Hall–Kier alpha value is -1.62. The number of aromatic nitrogens is 2. The van der Waals surface area contributed by atoms with Crippen LogP contribution in [0, 0.1) is 19.8 Å². The molecule has 0 spiro atoms. The second-order valence-corrected chi connectivity index (χ2v) is 8.42. The van der Waals surface area contributed by atoms with E-state index >= 15 is 0 Å². The molecule has 31 heavy (non-hydrogen) atoms. The van der Waals surface area contributed by atoms with Crippen molar-refractivity contribution in [2.24, 2.45) is 10.9 Å². The number of nitrogens with one attached hydrogen (secondary N) is 2. The molecule has 0 aliphatic carbocycles. The van der Waals surface area contributed by atoms with Crippen LogP contribution in [0.15, 0.2) is 20.0 Å². The van der Waals surface area contributed by atoms with E-state index in [0.717, 1.165) is 80.3 Å². The summed E-state index contributed by atoms with van der Waals surface area (Å²) in [6, 6.07) is 1.99. The van der Waals surface area contributed by atoms with Gasteiger partial charge < -0.3 is 19.6 Å². The topological polar surface area (TPSA) is 91.7 Å². The van der Waals surface area contributed by atoms with Crippen LogP contribution in [-0.4, -0.2) is 47.2 Å². The smallest absolute Gasteiger partial charge is 0.208 e. The molecule has 0 radical (unpaired) electrons. The molecule has 1 aliphatic rings. The Morgan fingerprint density at radius 3 is 2.58 bits per heavy atom. The average Bonchev–Trinajstić information content (AvgIpc) is 3.32. The summed E-state index contributed by atoms with van der Waals surface area (Å²) in [6.45, 7) is 15.4. The normalized spacial score (nSPS) is 15.9. The number of oxazole rings is 1. The lowest BCUT2D eigenvalue weighted by atomic mass is 9.97. The van der Waals surface area contributed by atoms with Crippen molar-refractivity contribution < 1.29 is 8.94 Å². The number of rotatable bonds is 8. The lowest BCUT2D eigenvalue weighted by Gasteiger charge is -2.31. The van der Waals surface area contributed by atoms with Crippen molar-refractivity contribution in [3.05, 3.63) is 34.9 Å². The summed E-state index contributed by atoms with van der Waals surface area (Å²) in [5.74, 6) is 4.37. The molecule has 3 rings (SSSR count). The first-order valence-electron chi connectivity index (χ1n) is 11.1. The molecule has 1 fully saturated rings. The predicted molar refractivity (Wildman–Crippen MR) is 133 cm³/mol. The van der Waals surface area contributed by atoms with Crippen LogP contribution in [0.2, 0.25) is 0 Å². The number of nitrogens with zero attached hydrogens (tertiary/aromatic N) is 4. The first-order valence-corrected chi connectivity index (χ1v) is 11.1. The number of aliphatic imine (C=N–C) groups is 1. The van der Waals surface area contributed by atoms with Gasteiger partial charge in [0, 0.05) is 19.2 Å². The zero-order valence-corrected chi connectivity index (χ0v) is 21.7. The van der Waals surface area contributed by atoms with Gasteiger partial charge in [-0.15, -0.1) is 24.0 Å². The lowest BCUT2D eigenvalue weighted by molar-refractivity contribution is 0.164. The molecule has 3 heterocycles. The molecule has 1 aliphatic heterocycles. The molecule has 0 bridgehead atoms. The Labute approximate surface area is 202 Å². The number of hydrogen-bond acceptors (Lipinski definition) is 6. The third-order valence-corrected chi connectivity index (χ3v) is 5.60. The van der Waals surface area contributed by atoms with Crippen LogP contribution >= 0.6 is 24.0 Å². The van der Waals surface area contributed by atoms with Crippen molar-refractivity contribution in [1.82, 2.24) is 25.7 Å². The van der Waals surface area contributed by atoms with Gasteiger partial charge in [-0.2, -0.15) is 0 Å². The third kappa shape index (κ3) is 7.78. The van der Waals surface area contributed by atoms with Gasteiger partial charge in [-0.25, -0.2) is 9.98 Å². The summed E-state index contributed by atoms with van der Waals surface area (Å²) >= 11 is 0. The van der Waals surface area contributed by atoms with Crippen LogP contribution in [0.4, 0.5) is 0 Å². The predicted octanol–water partition coefficient (Wildman–Crippen LogP) is 3.99. The highest BCUT2D eigenvalue weighted by atomic mass is 127. The van der Waals surface area contributed by atoms with Crippen molar-refractivity contribution in [3.63, 3.8) is 0 Å². The third-order valence-electron chi connectivity index (χ3n) is 5.60. The Kier molecular flexibility index (Phi) is 10.3. The molecule has 2 N–H and O–H groups in total. The lowest BCUT2D eigenvalue weighted by Crippen LogP contribution is -2.42. The summed E-state index contributed by atoms with van der Waals surface area (Å²) < 4.78 is 11.1. The second kappa shape index (κ2) is 12.4. The zero-order chi connectivity index (χ0) is 21.5. The van der Waals surface area contributed by atoms with Gasteiger partial charge in [-0.3, -0.25) is 4.90 Å². The summed E-state index contributed by atoms with van der Waals surface area (Å²) in [7, 11) is 0. The van der Waals surface area contributed by atoms with E-state index in [4.69, 9.17) is 8.94 Å². The molecule has 0 atom stereocenters. The van der Waals surface area contributed by atoms with Gasteiger partial charge in [-0.1, -0.05) is 19.0 Å². The van der Waals surface area contributed by atoms with E-state index < -0.39 is 0 Å². The molecule has 9 heteroatoms. The number of likely N-dealkylation sites (tertiary alicyclic amines) is 1. The summed E-state index contributed by atoms with van der Waals surface area (Å²) in [4.78, 5) is 11.6. The van der Waals surface area contributed by atoms with Crippen LogP contribution in [0.25, 0.3) is 0 Å². The number of guanidine groups is 1. The molecule has 0 aromatic carbocycles. The number of halogens is 1. The highest BCUT2D eigenvalue weighted by Gasteiger charge is 2.21. The van der Waals surface area contributed by atoms with Crippen molar-refractivity contribution in [2.45, 2.75) is 66.5 Å². The Balaban J connectivity index is 0.00000341. The molecular formula is C22H37IN6O2. The van der Waals surface area contributed by atoms with Gasteiger partial charge in [0.05, 0.1) is 17.9 Å². The van der Waals surface area contributed by atoms with Crippen LogP contribution in [0.5, 0.6) is 0 Å². The summed E-state index contributed by atoms with van der Waals surface area (Å²) in [6.07, 6.45) is 2.32. The number of aryl methyl sites for hydroxylation is 2. The molecule has 0 unspecified atom stereocenters. The average molecular weight is 544 g/mol. The minimum atomic E-state index is 0. The van der Waals surface area contributed by atoms with Crippen molar-refractivity contribution in [1.29, 1.82) is 0 Å². The first-order chi connectivity index (χ1) is 14.4. The maximum atomic E-state index is 5.73. The van der Waals surface area contributed by atoms with E-state index in [-0.39, 0.29) is 24.0 Å². The zero-order valence-electron chi connectivity index (χ0n) is 19.4. The number of hydrogen-bond donors (Lipinski definition) is 2. The summed E-state index contributed by atoms with van der Waals surface area (Å²) in [5.41, 5.74) is 1.96. The fourth-order valence-electron chi connectivity index (χ4n) is 3.56. The monoisotopic (exact) mass is 544 g/mol. The van der Waals surface area contributed by atoms with E-state index in [9.17, 15) is 0 Å². The fourth-order valence-corrected chi connectivity index (χ4v) is 3.56. The Bertz CT molecular complexity index is 804. The minimum absolute atomic E-state index is 0. The van der Waals surface area contributed by atoms with Gasteiger partial charge in [0.2, 0.25) is 5.89 Å². The van der Waals surface area contributed by atoms with Gasteiger partial charge in [0.25, 0.3) is 0 Å². The standard InChI is InChI=1S/C22H36N6O2.HI/c1-6-23-22(25-13-19-11-20(15(2)3)27-30-19)24-12-18-7-9-28(10-8-18)14-21-26-16(4)17(5)29-21;/h11,15,18H,6-10,12-14H2,1-5H3,(H2,23,24,25);1H. The first kappa shape index (κ1) is 25.6. The van der Waals surface area contributed by atoms with Crippen LogP contribution in [0.3, 0.4) is 0 Å². The minimum Gasteiger partial charge on any atom is -0.444 e. The molecule has 174 valence electrons. The SMILES string of the molecule is CCNC(=NCc1cc(C(C)C)no1)NCC1CCN(Cc2nc(C)c(C)o2)CC1.I. The van der Waals surface area contributed by atoms with E-state index in [0.29, 0.717) is 18.4 Å². The van der Waals surface area contributed by atoms with E-state index in [1.54, 1.807) is 0 Å². The molecular weight excluding hydrogens is 507 g/mol. The Morgan fingerprint density at radius 1 is 1.26 bits per heavy atom. The molecule has 0 amide bonds. The van der Waals surface area contributed by atoms with E-state index in [1.165, 1.54) is 0 Å². The molecule has 1 saturated heterocycles. The highest BCUT2D eigenvalue weighted by molar-refractivity contribution is 14.0. The highest BCUT2D eigenvalue weighted by Crippen LogP contribution is 2.19. The van der Waals surface area contributed by atoms with Gasteiger partial charge in [0.15, 0.2) is 11.7 Å². The van der Waals surface area contributed by atoms with Crippen molar-refractivity contribution in [2.75, 3.05) is 26.2 Å². The van der Waals surface area contributed by atoms with Crippen LogP contribution < -0.4 is 10.6 Å². The van der Waals surface area contributed by atoms with Crippen LogP contribution in [0.1, 0.15) is 68.3 Å². The molecule has 8 nitrogen and oxygen atoms in total. The quantitative estimate of drug-likeness (QED) is 0.295. The van der Waals surface area contributed by atoms with Gasteiger partial charge in [0.1, 0.15) is 12.3 Å². The molecule has 2 aromatic heterocycles. The second-order valence-electron chi connectivity index (χ2n) is 8.42. The van der Waals surface area contributed by atoms with Crippen molar-refractivity contribution in [3.8, 4) is 0 Å². The number of piperidine rings is 1. The van der Waals surface area contributed by atoms with Gasteiger partial charge >= 0.3 is 0 Å². The maximum absolute atomic E-state index is 5.73.